The van der Waals surface area contributed by atoms with E-state index in [0.717, 1.165) is 23.4 Å². The second-order valence-corrected chi connectivity index (χ2v) is 4.34. The highest BCUT2D eigenvalue weighted by Gasteiger charge is 2.11. The molecule has 84 valence electrons. The summed E-state index contributed by atoms with van der Waals surface area (Å²) >= 11 is 0. The Morgan fingerprint density at radius 3 is 2.20 bits per heavy atom. The van der Waals surface area contributed by atoms with E-state index in [4.69, 9.17) is 0 Å². The van der Waals surface area contributed by atoms with Crippen molar-refractivity contribution in [3.05, 3.63) is 23.3 Å². The van der Waals surface area contributed by atoms with Gasteiger partial charge in [-0.1, -0.05) is 0 Å². The Morgan fingerprint density at radius 2 is 1.73 bits per heavy atom. The molecule has 15 heavy (non-hydrogen) atoms. The maximum atomic E-state index is 9.80. The van der Waals surface area contributed by atoms with E-state index in [1.165, 1.54) is 0 Å². The summed E-state index contributed by atoms with van der Waals surface area (Å²) in [4.78, 5) is 4.12. The summed E-state index contributed by atoms with van der Waals surface area (Å²) in [5, 5.41) is 9.80. The van der Waals surface area contributed by atoms with Crippen molar-refractivity contribution in [3.63, 3.8) is 0 Å². The topological polar surface area (TPSA) is 26.7 Å². The Kier molecular flexibility index (Phi) is 3.58. The molecule has 0 saturated heterocycles. The zero-order valence-corrected chi connectivity index (χ0v) is 10.2. The molecule has 0 radical (unpaired) electrons. The van der Waals surface area contributed by atoms with E-state index in [1.807, 2.05) is 41.2 Å². The van der Waals surface area contributed by atoms with Crippen molar-refractivity contribution >= 4 is 5.69 Å². The molecule has 1 N–H and O–H groups in total. The summed E-state index contributed by atoms with van der Waals surface area (Å²) in [5.41, 5.74) is 3.31. The second kappa shape index (κ2) is 4.53. The third kappa shape index (κ3) is 2.63. The molecule has 0 aliphatic heterocycles. The van der Waals surface area contributed by atoms with Crippen LogP contribution in [0.15, 0.2) is 12.1 Å². The summed E-state index contributed by atoms with van der Waals surface area (Å²) < 4.78 is 0. The molecular weight excluding hydrogens is 188 g/mol. The number of rotatable bonds is 3. The van der Waals surface area contributed by atoms with Crippen LogP contribution in [0.1, 0.15) is 11.1 Å². The third-order valence-electron chi connectivity index (χ3n) is 2.50. The van der Waals surface area contributed by atoms with E-state index in [0.29, 0.717) is 5.75 Å². The SMILES string of the molecule is Cc1c(N(C)C)ccc(O)c1CN(C)C. The van der Waals surface area contributed by atoms with Crippen molar-refractivity contribution in [1.82, 2.24) is 4.90 Å². The number of hydrogen-bond donors (Lipinski definition) is 1. The molecule has 0 bridgehead atoms. The van der Waals surface area contributed by atoms with Crippen LogP contribution in [0.2, 0.25) is 0 Å². The van der Waals surface area contributed by atoms with Crippen LogP contribution in [0.3, 0.4) is 0 Å². The number of anilines is 1. The van der Waals surface area contributed by atoms with Crippen LogP contribution in [-0.2, 0) is 6.54 Å². The molecule has 1 aromatic carbocycles. The van der Waals surface area contributed by atoms with Gasteiger partial charge in [0.25, 0.3) is 0 Å². The summed E-state index contributed by atoms with van der Waals surface area (Å²) in [6.45, 7) is 2.81. The lowest BCUT2D eigenvalue weighted by Gasteiger charge is -2.20. The fraction of sp³-hybridized carbons (Fsp3) is 0.500. The Morgan fingerprint density at radius 1 is 1.13 bits per heavy atom. The quantitative estimate of drug-likeness (QED) is 0.821. The lowest BCUT2D eigenvalue weighted by molar-refractivity contribution is 0.384. The number of hydrogen-bond acceptors (Lipinski definition) is 3. The normalized spacial score (nSPS) is 10.8. The average molecular weight is 208 g/mol. The smallest absolute Gasteiger partial charge is 0.120 e. The summed E-state index contributed by atoms with van der Waals surface area (Å²) in [6, 6.07) is 3.71. The molecule has 0 unspecified atom stereocenters. The van der Waals surface area contributed by atoms with Crippen LogP contribution < -0.4 is 4.90 Å². The molecule has 0 atom stereocenters. The molecule has 0 aliphatic rings. The van der Waals surface area contributed by atoms with Crippen molar-refractivity contribution in [2.24, 2.45) is 0 Å². The van der Waals surface area contributed by atoms with Crippen LogP contribution in [-0.4, -0.2) is 38.2 Å². The van der Waals surface area contributed by atoms with Gasteiger partial charge in [-0.3, -0.25) is 0 Å². The van der Waals surface area contributed by atoms with E-state index in [9.17, 15) is 5.11 Å². The summed E-state index contributed by atoms with van der Waals surface area (Å²) in [6.07, 6.45) is 0. The highest BCUT2D eigenvalue weighted by molar-refractivity contribution is 5.59. The minimum Gasteiger partial charge on any atom is -0.508 e. The number of phenolic OH excluding ortho intramolecular Hbond substituents is 1. The van der Waals surface area contributed by atoms with E-state index in [2.05, 4.69) is 9.80 Å². The van der Waals surface area contributed by atoms with Crippen LogP contribution >= 0.6 is 0 Å². The first kappa shape index (κ1) is 11.9. The van der Waals surface area contributed by atoms with Gasteiger partial charge in [-0.15, -0.1) is 0 Å². The van der Waals surface area contributed by atoms with Crippen molar-refractivity contribution < 1.29 is 5.11 Å². The zero-order valence-electron chi connectivity index (χ0n) is 10.2. The van der Waals surface area contributed by atoms with E-state index >= 15 is 0 Å². The Hall–Kier alpha value is -1.22. The number of aromatic hydroxyl groups is 1. The van der Waals surface area contributed by atoms with Crippen LogP contribution in [0.5, 0.6) is 5.75 Å². The number of nitrogens with zero attached hydrogens (tertiary/aromatic N) is 2. The minimum absolute atomic E-state index is 0.381. The maximum Gasteiger partial charge on any atom is 0.120 e. The largest absolute Gasteiger partial charge is 0.508 e. The molecule has 0 aromatic heterocycles. The molecule has 0 saturated carbocycles. The van der Waals surface area contributed by atoms with Gasteiger partial charge in [0.2, 0.25) is 0 Å². The van der Waals surface area contributed by atoms with Crippen LogP contribution in [0.25, 0.3) is 0 Å². The molecule has 0 heterocycles. The molecule has 1 rings (SSSR count). The predicted octanol–water partition coefficient (Wildman–Crippen LogP) is 1.83. The Balaban J connectivity index is 3.18. The molecule has 3 heteroatoms. The summed E-state index contributed by atoms with van der Waals surface area (Å²) in [7, 11) is 8.03. The van der Waals surface area contributed by atoms with E-state index in [-0.39, 0.29) is 0 Å². The van der Waals surface area contributed by atoms with Crippen molar-refractivity contribution in [1.29, 1.82) is 0 Å². The third-order valence-corrected chi connectivity index (χ3v) is 2.50. The lowest BCUT2D eigenvalue weighted by Crippen LogP contribution is -2.15. The van der Waals surface area contributed by atoms with Gasteiger partial charge >= 0.3 is 0 Å². The summed E-state index contributed by atoms with van der Waals surface area (Å²) in [5.74, 6) is 0.381. The molecular formula is C12H20N2O. The van der Waals surface area contributed by atoms with E-state index < -0.39 is 0 Å². The highest BCUT2D eigenvalue weighted by Crippen LogP contribution is 2.29. The molecule has 0 fully saturated rings. The first-order valence-corrected chi connectivity index (χ1v) is 5.07. The first-order chi connectivity index (χ1) is 6.93. The van der Waals surface area contributed by atoms with Gasteiger partial charge in [0, 0.05) is 31.9 Å². The van der Waals surface area contributed by atoms with E-state index in [1.54, 1.807) is 6.07 Å². The van der Waals surface area contributed by atoms with Crippen molar-refractivity contribution in [3.8, 4) is 5.75 Å². The molecule has 3 nitrogen and oxygen atoms in total. The maximum absolute atomic E-state index is 9.80. The molecule has 0 aliphatic carbocycles. The fourth-order valence-corrected chi connectivity index (χ4v) is 1.73. The molecule has 1 aromatic rings. The Bertz CT molecular complexity index is 346. The van der Waals surface area contributed by atoms with Gasteiger partial charge in [-0.2, -0.15) is 0 Å². The fourth-order valence-electron chi connectivity index (χ4n) is 1.73. The van der Waals surface area contributed by atoms with Gasteiger partial charge in [-0.05, 0) is 38.7 Å². The predicted molar refractivity (Wildman–Crippen MR) is 64.6 cm³/mol. The lowest BCUT2D eigenvalue weighted by atomic mass is 10.0. The Labute approximate surface area is 91.9 Å². The van der Waals surface area contributed by atoms with Gasteiger partial charge in [0.1, 0.15) is 5.75 Å². The molecule has 0 amide bonds. The van der Waals surface area contributed by atoms with Crippen molar-refractivity contribution in [2.75, 3.05) is 33.1 Å². The average Bonchev–Trinajstić information content (AvgIpc) is 2.11. The zero-order chi connectivity index (χ0) is 11.6. The highest BCUT2D eigenvalue weighted by atomic mass is 16.3. The van der Waals surface area contributed by atoms with Crippen LogP contribution in [0, 0.1) is 6.92 Å². The second-order valence-electron chi connectivity index (χ2n) is 4.34. The van der Waals surface area contributed by atoms with Gasteiger partial charge < -0.3 is 14.9 Å². The molecule has 0 spiro atoms. The van der Waals surface area contributed by atoms with Gasteiger partial charge in [0.15, 0.2) is 0 Å². The van der Waals surface area contributed by atoms with Crippen molar-refractivity contribution in [2.45, 2.75) is 13.5 Å². The van der Waals surface area contributed by atoms with Gasteiger partial charge in [0.05, 0.1) is 0 Å². The van der Waals surface area contributed by atoms with Crippen LogP contribution in [0.4, 0.5) is 5.69 Å². The van der Waals surface area contributed by atoms with Gasteiger partial charge in [-0.25, -0.2) is 0 Å². The first-order valence-electron chi connectivity index (χ1n) is 5.07. The minimum atomic E-state index is 0.381. The number of benzene rings is 1. The monoisotopic (exact) mass is 208 g/mol. The number of phenols is 1. The standard InChI is InChI=1S/C12H20N2O/c1-9-10(8-13(2)3)12(15)7-6-11(9)14(4)5/h6-7,15H,8H2,1-5H3.